The molecule has 0 fully saturated rings. The molecule has 1 amide bonds. The lowest BCUT2D eigenvalue weighted by Gasteiger charge is -2.12. The van der Waals surface area contributed by atoms with Crippen LogP contribution in [0.3, 0.4) is 0 Å². The number of nitrogens with zero attached hydrogens (tertiary/aromatic N) is 1. The molecule has 0 unspecified atom stereocenters. The van der Waals surface area contributed by atoms with Gasteiger partial charge in [-0.05, 0) is 7.05 Å². The fourth-order valence-electron chi connectivity index (χ4n) is 0.659. The number of nitrogens with one attached hydrogen (secondary N) is 1. The van der Waals surface area contributed by atoms with E-state index in [0.29, 0.717) is 13.0 Å². The molecule has 0 rings (SSSR count). The summed E-state index contributed by atoms with van der Waals surface area (Å²) in [6.07, 6.45) is 5.75. The number of carbonyl (C=O) groups is 1. The molecule has 1 N–H and O–H groups in total. The van der Waals surface area contributed by atoms with E-state index < -0.39 is 0 Å². The summed E-state index contributed by atoms with van der Waals surface area (Å²) in [5.74, 6) is 2.53. The van der Waals surface area contributed by atoms with E-state index in [9.17, 15) is 4.79 Å². The van der Waals surface area contributed by atoms with E-state index in [2.05, 4.69) is 11.2 Å². The summed E-state index contributed by atoms with van der Waals surface area (Å²) >= 11 is 0. The average molecular weight is 154 g/mol. The van der Waals surface area contributed by atoms with Gasteiger partial charge in [-0.2, -0.15) is 0 Å². The summed E-state index contributed by atoms with van der Waals surface area (Å²) in [7, 11) is 3.49. The fraction of sp³-hybridized carbons (Fsp3) is 0.625. The van der Waals surface area contributed by atoms with Crippen LogP contribution in [0, 0.1) is 12.3 Å². The van der Waals surface area contributed by atoms with Gasteiger partial charge in [0, 0.05) is 20.0 Å². The molecule has 0 aliphatic rings. The van der Waals surface area contributed by atoms with Crippen molar-refractivity contribution in [3.63, 3.8) is 0 Å². The zero-order chi connectivity index (χ0) is 8.69. The molecule has 11 heavy (non-hydrogen) atoms. The first-order chi connectivity index (χ1) is 5.20. The monoisotopic (exact) mass is 154 g/mol. The molecule has 3 heteroatoms. The third-order valence-corrected chi connectivity index (χ3v) is 1.33. The highest BCUT2D eigenvalue weighted by molar-refractivity contribution is 5.77. The Hall–Kier alpha value is -1.01. The summed E-state index contributed by atoms with van der Waals surface area (Å²) in [5, 5.41) is 2.54. The summed E-state index contributed by atoms with van der Waals surface area (Å²) in [4.78, 5) is 12.7. The summed E-state index contributed by atoms with van der Waals surface area (Å²) in [5.41, 5.74) is 0. The third-order valence-electron chi connectivity index (χ3n) is 1.33. The maximum absolute atomic E-state index is 10.8. The number of hydrogen-bond acceptors (Lipinski definition) is 2. The van der Waals surface area contributed by atoms with Crippen molar-refractivity contribution < 1.29 is 4.79 Å². The van der Waals surface area contributed by atoms with Gasteiger partial charge in [0.2, 0.25) is 5.91 Å². The van der Waals surface area contributed by atoms with Crippen molar-refractivity contribution in [1.82, 2.24) is 10.2 Å². The highest BCUT2D eigenvalue weighted by Gasteiger charge is 2.01. The van der Waals surface area contributed by atoms with Crippen molar-refractivity contribution in [1.29, 1.82) is 0 Å². The molecule has 0 radical (unpaired) electrons. The standard InChI is InChI=1S/C8H14N2O/c1-4-5-6-10(3)7-8(11)9-2/h1H,5-7H2,2-3H3,(H,9,11). The molecule has 0 saturated heterocycles. The van der Waals surface area contributed by atoms with Crippen LogP contribution in [0.1, 0.15) is 6.42 Å². The minimum Gasteiger partial charge on any atom is -0.358 e. The van der Waals surface area contributed by atoms with Gasteiger partial charge < -0.3 is 5.32 Å². The molecule has 0 bridgehead atoms. The fourth-order valence-corrected chi connectivity index (χ4v) is 0.659. The topological polar surface area (TPSA) is 32.3 Å². The van der Waals surface area contributed by atoms with Crippen LogP contribution in [-0.4, -0.2) is 38.0 Å². The van der Waals surface area contributed by atoms with Crippen molar-refractivity contribution >= 4 is 5.91 Å². The molecule has 0 heterocycles. The summed E-state index contributed by atoms with van der Waals surface area (Å²) < 4.78 is 0. The maximum Gasteiger partial charge on any atom is 0.233 e. The number of hydrogen-bond donors (Lipinski definition) is 1. The lowest BCUT2D eigenvalue weighted by molar-refractivity contribution is -0.121. The molecule has 62 valence electrons. The first-order valence-corrected chi connectivity index (χ1v) is 3.53. The lowest BCUT2D eigenvalue weighted by Crippen LogP contribution is -2.33. The molecule has 0 aromatic carbocycles. The summed E-state index contributed by atoms with van der Waals surface area (Å²) in [6.45, 7) is 1.18. The van der Waals surface area contributed by atoms with Crippen molar-refractivity contribution in [2.45, 2.75) is 6.42 Å². The molecule has 0 aliphatic heterocycles. The van der Waals surface area contributed by atoms with Crippen molar-refractivity contribution in [2.75, 3.05) is 27.2 Å². The second-order valence-corrected chi connectivity index (χ2v) is 2.37. The number of carbonyl (C=O) groups excluding carboxylic acids is 1. The van der Waals surface area contributed by atoms with Gasteiger partial charge in [0.15, 0.2) is 0 Å². The van der Waals surface area contributed by atoms with Crippen LogP contribution < -0.4 is 5.32 Å². The maximum atomic E-state index is 10.8. The molecule has 0 aromatic heterocycles. The van der Waals surface area contributed by atoms with Crippen LogP contribution >= 0.6 is 0 Å². The van der Waals surface area contributed by atoms with E-state index >= 15 is 0 Å². The Morgan fingerprint density at radius 2 is 2.36 bits per heavy atom. The Bertz CT molecular complexity index is 160. The van der Waals surface area contributed by atoms with Gasteiger partial charge in [0.05, 0.1) is 6.54 Å². The molecule has 3 nitrogen and oxygen atoms in total. The Morgan fingerprint density at radius 1 is 1.73 bits per heavy atom. The Balaban J connectivity index is 3.45. The highest BCUT2D eigenvalue weighted by Crippen LogP contribution is 1.84. The van der Waals surface area contributed by atoms with E-state index in [1.807, 2.05) is 11.9 Å². The average Bonchev–Trinajstić information content (AvgIpc) is 2.00. The van der Waals surface area contributed by atoms with Gasteiger partial charge in [0.1, 0.15) is 0 Å². The van der Waals surface area contributed by atoms with Crippen molar-refractivity contribution in [3.05, 3.63) is 0 Å². The van der Waals surface area contributed by atoms with Gasteiger partial charge in [-0.1, -0.05) is 0 Å². The Morgan fingerprint density at radius 3 is 2.82 bits per heavy atom. The molecule has 0 saturated carbocycles. The summed E-state index contributed by atoms with van der Waals surface area (Å²) in [6, 6.07) is 0. The first-order valence-electron chi connectivity index (χ1n) is 3.53. The van der Waals surface area contributed by atoms with Crippen LogP contribution in [0.2, 0.25) is 0 Å². The van der Waals surface area contributed by atoms with Crippen LogP contribution in [0.4, 0.5) is 0 Å². The molecular weight excluding hydrogens is 140 g/mol. The van der Waals surface area contributed by atoms with E-state index in [1.165, 1.54) is 0 Å². The van der Waals surface area contributed by atoms with Crippen LogP contribution in [-0.2, 0) is 4.79 Å². The van der Waals surface area contributed by atoms with E-state index in [4.69, 9.17) is 6.42 Å². The predicted molar refractivity (Wildman–Crippen MR) is 45.0 cm³/mol. The van der Waals surface area contributed by atoms with Crippen LogP contribution in [0.15, 0.2) is 0 Å². The number of likely N-dealkylation sites (N-methyl/N-ethyl adjacent to an activating group) is 2. The molecule has 0 spiro atoms. The van der Waals surface area contributed by atoms with E-state index in [0.717, 1.165) is 6.54 Å². The molecule has 0 aromatic rings. The van der Waals surface area contributed by atoms with E-state index in [-0.39, 0.29) is 5.91 Å². The predicted octanol–water partition coefficient (Wildman–Crippen LogP) is -0.312. The van der Waals surface area contributed by atoms with Gasteiger partial charge in [-0.3, -0.25) is 9.69 Å². The Kier molecular flexibility index (Phi) is 5.22. The first kappa shape index (κ1) is 9.99. The van der Waals surface area contributed by atoms with Crippen LogP contribution in [0.25, 0.3) is 0 Å². The Labute approximate surface area is 67.8 Å². The number of rotatable bonds is 4. The second kappa shape index (κ2) is 5.75. The number of amides is 1. The quantitative estimate of drug-likeness (QED) is 0.563. The van der Waals surface area contributed by atoms with Gasteiger partial charge in [-0.15, -0.1) is 12.3 Å². The molecule has 0 aliphatic carbocycles. The van der Waals surface area contributed by atoms with Crippen LogP contribution in [0.5, 0.6) is 0 Å². The normalized spacial score (nSPS) is 9.27. The lowest BCUT2D eigenvalue weighted by atomic mass is 10.4. The zero-order valence-electron chi connectivity index (χ0n) is 7.05. The molecule has 0 atom stereocenters. The number of terminal acetylenes is 1. The second-order valence-electron chi connectivity index (χ2n) is 2.37. The van der Waals surface area contributed by atoms with Gasteiger partial charge in [0.25, 0.3) is 0 Å². The smallest absolute Gasteiger partial charge is 0.233 e. The van der Waals surface area contributed by atoms with Gasteiger partial charge in [-0.25, -0.2) is 0 Å². The zero-order valence-corrected chi connectivity index (χ0v) is 7.05. The third kappa shape index (κ3) is 5.43. The largest absolute Gasteiger partial charge is 0.358 e. The minimum absolute atomic E-state index is 0.0181. The SMILES string of the molecule is C#CCCN(C)CC(=O)NC. The van der Waals surface area contributed by atoms with E-state index in [1.54, 1.807) is 7.05 Å². The van der Waals surface area contributed by atoms with Crippen molar-refractivity contribution in [2.24, 2.45) is 0 Å². The van der Waals surface area contributed by atoms with Gasteiger partial charge >= 0.3 is 0 Å². The minimum atomic E-state index is 0.0181. The van der Waals surface area contributed by atoms with Crippen molar-refractivity contribution in [3.8, 4) is 12.3 Å². The highest BCUT2D eigenvalue weighted by atomic mass is 16.1. The molecular formula is C8H14N2O.